The second-order valence-electron chi connectivity index (χ2n) is 6.16. The van der Waals surface area contributed by atoms with Gasteiger partial charge in [0.25, 0.3) is 11.8 Å². The molecule has 1 aromatic rings. The van der Waals surface area contributed by atoms with Crippen molar-refractivity contribution in [2.75, 3.05) is 26.3 Å². The number of benzene rings is 1. The summed E-state index contributed by atoms with van der Waals surface area (Å²) in [4.78, 5) is 41.4. The van der Waals surface area contributed by atoms with Gasteiger partial charge in [-0.3, -0.25) is 19.3 Å². The molecule has 24 heavy (non-hydrogen) atoms. The minimum atomic E-state index is -1.29. The molecule has 0 bridgehead atoms. The Kier molecular flexibility index (Phi) is 4.24. The molecule has 126 valence electrons. The molecule has 0 unspecified atom stereocenters. The predicted molar refractivity (Wildman–Crippen MR) is 87.6 cm³/mol. The molecule has 3 rings (SSSR count). The van der Waals surface area contributed by atoms with E-state index in [2.05, 4.69) is 6.58 Å². The van der Waals surface area contributed by atoms with E-state index in [-0.39, 0.29) is 12.3 Å². The van der Waals surface area contributed by atoms with Crippen molar-refractivity contribution < 1.29 is 19.1 Å². The van der Waals surface area contributed by atoms with Crippen LogP contribution >= 0.6 is 0 Å². The Morgan fingerprint density at radius 2 is 1.75 bits per heavy atom. The van der Waals surface area contributed by atoms with E-state index in [1.807, 2.05) is 0 Å². The van der Waals surface area contributed by atoms with Gasteiger partial charge in [-0.15, -0.1) is 6.58 Å². The maximum absolute atomic E-state index is 13.1. The van der Waals surface area contributed by atoms with Gasteiger partial charge in [0.05, 0.1) is 24.3 Å². The fourth-order valence-electron chi connectivity index (χ4n) is 3.30. The smallest absolute Gasteiger partial charge is 0.262 e. The van der Waals surface area contributed by atoms with Crippen molar-refractivity contribution in [3.63, 3.8) is 0 Å². The molecule has 0 aromatic heterocycles. The fourth-order valence-corrected chi connectivity index (χ4v) is 3.30. The van der Waals surface area contributed by atoms with Gasteiger partial charge in [0.1, 0.15) is 5.54 Å². The monoisotopic (exact) mass is 328 g/mol. The summed E-state index contributed by atoms with van der Waals surface area (Å²) in [7, 11) is 0. The van der Waals surface area contributed by atoms with Gasteiger partial charge < -0.3 is 9.64 Å². The maximum Gasteiger partial charge on any atom is 0.262 e. The van der Waals surface area contributed by atoms with Gasteiger partial charge >= 0.3 is 0 Å². The Hall–Kier alpha value is -2.47. The quantitative estimate of drug-likeness (QED) is 0.620. The van der Waals surface area contributed by atoms with Gasteiger partial charge in [0.15, 0.2) is 0 Å². The highest BCUT2D eigenvalue weighted by Gasteiger charge is 2.51. The van der Waals surface area contributed by atoms with Gasteiger partial charge in [-0.2, -0.15) is 0 Å². The zero-order valence-corrected chi connectivity index (χ0v) is 13.7. The molecule has 1 aromatic carbocycles. The molecule has 6 nitrogen and oxygen atoms in total. The summed E-state index contributed by atoms with van der Waals surface area (Å²) in [5.74, 6) is -1.11. The van der Waals surface area contributed by atoms with E-state index in [0.29, 0.717) is 37.4 Å². The zero-order chi connectivity index (χ0) is 17.3. The number of hydrogen-bond donors (Lipinski definition) is 0. The Morgan fingerprint density at radius 3 is 2.25 bits per heavy atom. The SMILES string of the molecule is C=CC[C@](C)(C(=O)N1CCOCC1)N1C(=O)c2ccccc2C1=O. The first-order chi connectivity index (χ1) is 11.5. The summed E-state index contributed by atoms with van der Waals surface area (Å²) in [6.45, 7) is 7.15. The fraction of sp³-hybridized carbons (Fsp3) is 0.389. The molecule has 2 heterocycles. The lowest BCUT2D eigenvalue weighted by molar-refractivity contribution is -0.145. The van der Waals surface area contributed by atoms with Crippen LogP contribution in [0.2, 0.25) is 0 Å². The molecule has 3 amide bonds. The third-order valence-corrected chi connectivity index (χ3v) is 4.59. The van der Waals surface area contributed by atoms with Crippen molar-refractivity contribution in [3.8, 4) is 0 Å². The van der Waals surface area contributed by atoms with Crippen LogP contribution < -0.4 is 0 Å². The number of amides is 3. The molecule has 0 saturated carbocycles. The molecule has 2 aliphatic heterocycles. The second-order valence-corrected chi connectivity index (χ2v) is 6.16. The zero-order valence-electron chi connectivity index (χ0n) is 13.7. The van der Waals surface area contributed by atoms with Crippen LogP contribution in [0.15, 0.2) is 36.9 Å². The van der Waals surface area contributed by atoms with E-state index >= 15 is 0 Å². The van der Waals surface area contributed by atoms with E-state index in [1.54, 1.807) is 42.2 Å². The number of ether oxygens (including phenoxy) is 1. The highest BCUT2D eigenvalue weighted by Crippen LogP contribution is 2.33. The Labute approximate surface area is 140 Å². The van der Waals surface area contributed by atoms with Crippen LogP contribution in [0.4, 0.5) is 0 Å². The number of nitrogens with zero attached hydrogens (tertiary/aromatic N) is 2. The van der Waals surface area contributed by atoms with E-state index in [4.69, 9.17) is 4.74 Å². The highest BCUT2D eigenvalue weighted by atomic mass is 16.5. The minimum Gasteiger partial charge on any atom is -0.378 e. The van der Waals surface area contributed by atoms with Crippen molar-refractivity contribution in [2.45, 2.75) is 18.9 Å². The van der Waals surface area contributed by atoms with Crippen molar-refractivity contribution in [3.05, 3.63) is 48.0 Å². The number of morpholine rings is 1. The summed E-state index contributed by atoms with van der Waals surface area (Å²) in [6, 6.07) is 6.65. The molecule has 0 aliphatic carbocycles. The van der Waals surface area contributed by atoms with Gasteiger partial charge in [-0.1, -0.05) is 18.2 Å². The van der Waals surface area contributed by atoms with Crippen molar-refractivity contribution >= 4 is 17.7 Å². The van der Waals surface area contributed by atoms with Crippen LogP contribution in [-0.4, -0.2) is 59.4 Å². The molecule has 6 heteroatoms. The van der Waals surface area contributed by atoms with E-state index < -0.39 is 17.4 Å². The van der Waals surface area contributed by atoms with Gasteiger partial charge in [-0.05, 0) is 25.5 Å². The lowest BCUT2D eigenvalue weighted by Crippen LogP contribution is -2.61. The van der Waals surface area contributed by atoms with Crippen molar-refractivity contribution in [2.24, 2.45) is 0 Å². The summed E-state index contributed by atoms with van der Waals surface area (Å²) in [5.41, 5.74) is -0.605. The summed E-state index contributed by atoms with van der Waals surface area (Å²) in [5, 5.41) is 0. The van der Waals surface area contributed by atoms with E-state index in [0.717, 1.165) is 4.90 Å². The van der Waals surface area contributed by atoms with Gasteiger partial charge in [-0.25, -0.2) is 0 Å². The first-order valence-corrected chi connectivity index (χ1v) is 7.96. The number of carbonyl (C=O) groups excluding carboxylic acids is 3. The highest BCUT2D eigenvalue weighted by molar-refractivity contribution is 6.23. The molecule has 0 N–H and O–H groups in total. The Morgan fingerprint density at radius 1 is 1.21 bits per heavy atom. The molecular formula is C18H20N2O4. The molecule has 1 fully saturated rings. The molecule has 2 aliphatic rings. The number of hydrogen-bond acceptors (Lipinski definition) is 4. The van der Waals surface area contributed by atoms with Crippen molar-refractivity contribution in [1.82, 2.24) is 9.80 Å². The third kappa shape index (κ3) is 2.43. The molecule has 1 atom stereocenters. The topological polar surface area (TPSA) is 66.9 Å². The van der Waals surface area contributed by atoms with Crippen LogP contribution in [0.3, 0.4) is 0 Å². The van der Waals surface area contributed by atoms with E-state index in [1.165, 1.54) is 0 Å². The normalized spacial score (nSPS) is 19.9. The van der Waals surface area contributed by atoms with Crippen LogP contribution in [0.1, 0.15) is 34.1 Å². The minimum absolute atomic E-state index is 0.203. The second kappa shape index (κ2) is 6.20. The summed E-state index contributed by atoms with van der Waals surface area (Å²) < 4.78 is 5.28. The standard InChI is InChI=1S/C18H20N2O4/c1-3-8-18(2,17(23)19-9-11-24-12-10-19)20-15(21)13-6-4-5-7-14(13)16(20)22/h3-7H,1,8-12H2,2H3/t18-/m1/s1. The van der Waals surface area contributed by atoms with Crippen LogP contribution in [0.25, 0.3) is 0 Å². The van der Waals surface area contributed by atoms with Crippen LogP contribution in [0.5, 0.6) is 0 Å². The maximum atomic E-state index is 13.1. The molecule has 1 saturated heterocycles. The lowest BCUT2D eigenvalue weighted by Gasteiger charge is -2.40. The first-order valence-electron chi connectivity index (χ1n) is 7.96. The van der Waals surface area contributed by atoms with Gasteiger partial charge in [0.2, 0.25) is 5.91 Å². The molecular weight excluding hydrogens is 308 g/mol. The van der Waals surface area contributed by atoms with Crippen LogP contribution in [0, 0.1) is 0 Å². The number of imide groups is 1. The molecule has 0 spiro atoms. The number of carbonyl (C=O) groups is 3. The predicted octanol–water partition coefficient (Wildman–Crippen LogP) is 1.48. The van der Waals surface area contributed by atoms with E-state index in [9.17, 15) is 14.4 Å². The number of fused-ring (bicyclic) bond motifs is 1. The third-order valence-electron chi connectivity index (χ3n) is 4.59. The number of rotatable bonds is 4. The van der Waals surface area contributed by atoms with Crippen LogP contribution in [-0.2, 0) is 9.53 Å². The average Bonchev–Trinajstić information content (AvgIpc) is 2.87. The van der Waals surface area contributed by atoms with Crippen molar-refractivity contribution in [1.29, 1.82) is 0 Å². The lowest BCUT2D eigenvalue weighted by atomic mass is 9.93. The molecule has 0 radical (unpaired) electrons. The Bertz CT molecular complexity index is 674. The summed E-state index contributed by atoms with van der Waals surface area (Å²) in [6.07, 6.45) is 1.77. The Balaban J connectivity index is 1.99. The average molecular weight is 328 g/mol. The summed E-state index contributed by atoms with van der Waals surface area (Å²) >= 11 is 0. The largest absolute Gasteiger partial charge is 0.378 e. The first kappa shape index (κ1) is 16.4. The van der Waals surface area contributed by atoms with Gasteiger partial charge in [0, 0.05) is 13.1 Å².